The Hall–Kier alpha value is -0.450. The Morgan fingerprint density at radius 1 is 1.40 bits per heavy atom. The zero-order chi connectivity index (χ0) is 11.6. The van der Waals surface area contributed by atoms with Gasteiger partial charge in [0.1, 0.15) is 0 Å². The minimum absolute atomic E-state index is 0.114. The summed E-state index contributed by atoms with van der Waals surface area (Å²) in [6.07, 6.45) is -0.471. The third-order valence-electron chi connectivity index (χ3n) is 2.74. The van der Waals surface area contributed by atoms with Crippen molar-refractivity contribution in [3.05, 3.63) is 15.6 Å². The molecule has 0 saturated heterocycles. The molecule has 0 aromatic carbocycles. The number of aliphatic hydroxyl groups excluding tert-OH is 1. The fraction of sp³-hybridized carbons (Fsp3) is 0.727. The van der Waals surface area contributed by atoms with Crippen molar-refractivity contribution in [2.24, 2.45) is 17.6 Å². The van der Waals surface area contributed by atoms with Gasteiger partial charge in [0.2, 0.25) is 0 Å². The van der Waals surface area contributed by atoms with Crippen LogP contribution in [0.3, 0.4) is 0 Å². The fourth-order valence-corrected chi connectivity index (χ4v) is 2.77. The largest absolute Gasteiger partial charge is 0.387 e. The van der Waals surface area contributed by atoms with Crippen LogP contribution in [0.25, 0.3) is 0 Å². The number of rotatable bonds is 4. The van der Waals surface area contributed by atoms with Crippen molar-refractivity contribution in [3.8, 4) is 0 Å². The number of aryl methyl sites for hydroxylation is 2. The molecule has 86 valence electrons. The van der Waals surface area contributed by atoms with Crippen molar-refractivity contribution in [1.82, 2.24) is 4.98 Å². The lowest BCUT2D eigenvalue weighted by Crippen LogP contribution is -2.26. The minimum atomic E-state index is -0.471. The molecule has 0 saturated carbocycles. The second kappa shape index (κ2) is 5.05. The average molecular weight is 228 g/mol. The smallest absolute Gasteiger partial charge is 0.0943 e. The second-order valence-corrected chi connectivity index (χ2v) is 5.51. The Morgan fingerprint density at radius 3 is 2.33 bits per heavy atom. The quantitative estimate of drug-likeness (QED) is 0.829. The number of aliphatic hydroxyl groups is 1. The lowest BCUT2D eigenvalue weighted by atomic mass is 9.89. The van der Waals surface area contributed by atoms with Gasteiger partial charge < -0.3 is 10.8 Å². The molecule has 0 aliphatic rings. The zero-order valence-corrected chi connectivity index (χ0v) is 10.6. The van der Waals surface area contributed by atoms with Crippen molar-refractivity contribution < 1.29 is 5.11 Å². The normalized spacial score (nSPS) is 15.7. The van der Waals surface area contributed by atoms with Gasteiger partial charge in [-0.1, -0.05) is 13.8 Å². The molecule has 0 radical (unpaired) electrons. The van der Waals surface area contributed by atoms with Crippen molar-refractivity contribution in [3.63, 3.8) is 0 Å². The highest BCUT2D eigenvalue weighted by Crippen LogP contribution is 2.32. The topological polar surface area (TPSA) is 59.1 Å². The first kappa shape index (κ1) is 12.6. The highest BCUT2D eigenvalue weighted by molar-refractivity contribution is 7.11. The van der Waals surface area contributed by atoms with Crippen LogP contribution in [0.4, 0.5) is 0 Å². The summed E-state index contributed by atoms with van der Waals surface area (Å²) in [5.41, 5.74) is 6.63. The SMILES string of the molecule is Cc1nc(C)c(C(O)C(CN)C(C)C)s1. The molecule has 0 bridgehead atoms. The maximum Gasteiger partial charge on any atom is 0.0943 e. The van der Waals surface area contributed by atoms with E-state index in [4.69, 9.17) is 5.73 Å². The van der Waals surface area contributed by atoms with Crippen molar-refractivity contribution in [2.45, 2.75) is 33.8 Å². The molecule has 1 aromatic rings. The third-order valence-corrected chi connectivity index (χ3v) is 3.89. The maximum atomic E-state index is 10.2. The van der Waals surface area contributed by atoms with E-state index in [2.05, 4.69) is 18.8 Å². The molecule has 0 aliphatic carbocycles. The number of hydrogen-bond donors (Lipinski definition) is 2. The lowest BCUT2D eigenvalue weighted by Gasteiger charge is -2.24. The number of thiazole rings is 1. The Balaban J connectivity index is 2.92. The minimum Gasteiger partial charge on any atom is -0.387 e. The summed E-state index contributed by atoms with van der Waals surface area (Å²) >= 11 is 1.57. The van der Waals surface area contributed by atoms with E-state index in [1.165, 1.54) is 0 Å². The standard InChI is InChI=1S/C11H20N2OS/c1-6(2)9(5-12)10(14)11-7(3)13-8(4)15-11/h6,9-10,14H,5,12H2,1-4H3. The predicted molar refractivity (Wildman–Crippen MR) is 63.9 cm³/mol. The first-order chi connectivity index (χ1) is 6.97. The summed E-state index contributed by atoms with van der Waals surface area (Å²) in [5, 5.41) is 11.2. The molecule has 0 aliphatic heterocycles. The van der Waals surface area contributed by atoms with Crippen molar-refractivity contribution in [1.29, 1.82) is 0 Å². The van der Waals surface area contributed by atoms with Crippen LogP contribution in [0.5, 0.6) is 0 Å². The van der Waals surface area contributed by atoms with Crippen LogP contribution in [-0.2, 0) is 0 Å². The van der Waals surface area contributed by atoms with E-state index in [9.17, 15) is 5.11 Å². The van der Waals surface area contributed by atoms with Crippen molar-refractivity contribution >= 4 is 11.3 Å². The van der Waals surface area contributed by atoms with Gasteiger partial charge in [-0.05, 0) is 26.3 Å². The maximum absolute atomic E-state index is 10.2. The molecule has 4 heteroatoms. The number of nitrogens with zero attached hydrogens (tertiary/aromatic N) is 1. The average Bonchev–Trinajstić information content (AvgIpc) is 2.45. The molecule has 3 nitrogen and oxygen atoms in total. The predicted octanol–water partition coefficient (Wildman–Crippen LogP) is 2.02. The molecule has 15 heavy (non-hydrogen) atoms. The summed E-state index contributed by atoms with van der Waals surface area (Å²) in [7, 11) is 0. The van der Waals surface area contributed by atoms with Crippen LogP contribution in [0, 0.1) is 25.7 Å². The zero-order valence-electron chi connectivity index (χ0n) is 9.82. The number of hydrogen-bond acceptors (Lipinski definition) is 4. The van der Waals surface area contributed by atoms with Gasteiger partial charge in [-0.2, -0.15) is 0 Å². The molecule has 0 spiro atoms. The molecule has 1 heterocycles. The summed E-state index contributed by atoms with van der Waals surface area (Å²) < 4.78 is 0. The molecule has 0 amide bonds. The van der Waals surface area contributed by atoms with Gasteiger partial charge in [-0.3, -0.25) is 0 Å². The van der Waals surface area contributed by atoms with Gasteiger partial charge in [0, 0.05) is 5.92 Å². The van der Waals surface area contributed by atoms with Gasteiger partial charge in [0.25, 0.3) is 0 Å². The number of nitrogens with two attached hydrogens (primary N) is 1. The van der Waals surface area contributed by atoms with E-state index in [1.807, 2.05) is 13.8 Å². The molecule has 0 fully saturated rings. The first-order valence-corrected chi connectivity index (χ1v) is 6.11. The third kappa shape index (κ3) is 2.77. The number of aromatic nitrogens is 1. The summed E-state index contributed by atoms with van der Waals surface area (Å²) in [6.45, 7) is 8.58. The van der Waals surface area contributed by atoms with Gasteiger partial charge >= 0.3 is 0 Å². The van der Waals surface area contributed by atoms with Crippen LogP contribution >= 0.6 is 11.3 Å². The van der Waals surface area contributed by atoms with Crippen molar-refractivity contribution in [2.75, 3.05) is 6.54 Å². The summed E-state index contributed by atoms with van der Waals surface area (Å²) in [4.78, 5) is 5.29. The lowest BCUT2D eigenvalue weighted by molar-refractivity contribution is 0.0885. The van der Waals surface area contributed by atoms with Crippen LogP contribution in [0.2, 0.25) is 0 Å². The van der Waals surface area contributed by atoms with Crippen LogP contribution in [0.1, 0.15) is 35.5 Å². The monoisotopic (exact) mass is 228 g/mol. The van der Waals surface area contributed by atoms with Gasteiger partial charge in [-0.25, -0.2) is 4.98 Å². The Kier molecular flexibility index (Phi) is 4.25. The van der Waals surface area contributed by atoms with E-state index >= 15 is 0 Å². The molecular formula is C11H20N2OS. The van der Waals surface area contributed by atoms with Gasteiger partial charge in [0.15, 0.2) is 0 Å². The van der Waals surface area contributed by atoms with E-state index in [0.29, 0.717) is 12.5 Å². The van der Waals surface area contributed by atoms with Crippen LogP contribution < -0.4 is 5.73 Å². The fourth-order valence-electron chi connectivity index (χ4n) is 1.78. The Labute approximate surface area is 95.3 Å². The Bertz CT molecular complexity index is 322. The Morgan fingerprint density at radius 2 is 2.00 bits per heavy atom. The first-order valence-electron chi connectivity index (χ1n) is 5.29. The summed E-state index contributed by atoms with van der Waals surface area (Å²) in [6, 6.07) is 0. The van der Waals surface area contributed by atoms with Crippen LogP contribution in [-0.4, -0.2) is 16.6 Å². The molecule has 1 aromatic heterocycles. The second-order valence-electron chi connectivity index (χ2n) is 4.27. The van der Waals surface area contributed by atoms with Crippen LogP contribution in [0.15, 0.2) is 0 Å². The van der Waals surface area contributed by atoms with E-state index in [-0.39, 0.29) is 5.92 Å². The molecule has 3 N–H and O–H groups in total. The molecule has 2 unspecified atom stereocenters. The highest BCUT2D eigenvalue weighted by Gasteiger charge is 2.25. The van der Waals surface area contributed by atoms with E-state index < -0.39 is 6.10 Å². The molecule has 2 atom stereocenters. The van der Waals surface area contributed by atoms with E-state index in [1.54, 1.807) is 11.3 Å². The molecular weight excluding hydrogens is 208 g/mol. The van der Waals surface area contributed by atoms with Gasteiger partial charge in [-0.15, -0.1) is 11.3 Å². The highest BCUT2D eigenvalue weighted by atomic mass is 32.1. The summed E-state index contributed by atoms with van der Waals surface area (Å²) in [5.74, 6) is 0.496. The molecule has 1 rings (SSSR count). The van der Waals surface area contributed by atoms with Gasteiger partial charge in [0.05, 0.1) is 21.7 Å². The van der Waals surface area contributed by atoms with E-state index in [0.717, 1.165) is 15.6 Å².